The Kier molecular flexibility index (Phi) is 6.77. The van der Waals surface area contributed by atoms with Crippen LogP contribution in [0.3, 0.4) is 0 Å². The summed E-state index contributed by atoms with van der Waals surface area (Å²) in [5, 5.41) is 11.1. The molecule has 7 nitrogen and oxygen atoms in total. The normalized spacial score (nSPS) is 14.5. The smallest absolute Gasteiger partial charge is 0.297 e. The first-order chi connectivity index (χ1) is 16.4. The van der Waals surface area contributed by atoms with E-state index in [0.717, 1.165) is 37.8 Å². The maximum absolute atomic E-state index is 14.2. The molecule has 1 unspecified atom stereocenters. The van der Waals surface area contributed by atoms with Crippen molar-refractivity contribution in [2.45, 2.75) is 45.1 Å². The molecule has 2 aromatic carbocycles. The van der Waals surface area contributed by atoms with E-state index in [1.165, 1.54) is 22.0 Å². The van der Waals surface area contributed by atoms with Gasteiger partial charge in [-0.1, -0.05) is 31.7 Å². The molecule has 1 aliphatic carbocycles. The van der Waals surface area contributed by atoms with E-state index in [1.807, 2.05) is 0 Å². The number of Topliss-reactive ketones (excluding diaryl/α,β-unsaturated/α-hetero) is 1. The number of halogens is 2. The monoisotopic (exact) mass is 463 g/mol. The number of aryl methyl sites for hydroxylation is 1. The molecule has 1 amide bonds. The van der Waals surface area contributed by atoms with Crippen LogP contribution in [-0.2, 0) is 9.59 Å². The topological polar surface area (TPSA) is 81.0 Å². The van der Waals surface area contributed by atoms with Gasteiger partial charge in [0.2, 0.25) is 0 Å². The van der Waals surface area contributed by atoms with Crippen molar-refractivity contribution >= 4 is 17.4 Å². The molecule has 34 heavy (non-hydrogen) atoms. The number of hydrogen-bond acceptors (Lipinski definition) is 5. The minimum absolute atomic E-state index is 0.160. The summed E-state index contributed by atoms with van der Waals surface area (Å²) in [6.45, 7) is 1.80. The number of aromatic nitrogens is 4. The Hall–Kier alpha value is -3.93. The third-order valence-corrected chi connectivity index (χ3v) is 6.18. The molecular weight excluding hydrogens is 440 g/mol. The summed E-state index contributed by atoms with van der Waals surface area (Å²) in [6, 6.07) is 7.02. The predicted octanol–water partition coefficient (Wildman–Crippen LogP) is 4.11. The van der Waals surface area contributed by atoms with Gasteiger partial charge in [0.1, 0.15) is 12.4 Å². The second kappa shape index (κ2) is 9.91. The Morgan fingerprint density at radius 1 is 1.18 bits per heavy atom. The van der Waals surface area contributed by atoms with E-state index < -0.39 is 23.6 Å². The van der Waals surface area contributed by atoms with Crippen LogP contribution >= 0.6 is 0 Å². The molecule has 1 aliphatic rings. The van der Waals surface area contributed by atoms with Crippen LogP contribution < -0.4 is 4.90 Å². The Bertz CT molecular complexity index is 1250. The van der Waals surface area contributed by atoms with Crippen LogP contribution in [0.4, 0.5) is 14.5 Å². The van der Waals surface area contributed by atoms with Gasteiger partial charge in [0, 0.05) is 12.1 Å². The van der Waals surface area contributed by atoms with E-state index in [2.05, 4.69) is 21.4 Å². The number of tetrazole rings is 1. The van der Waals surface area contributed by atoms with Crippen LogP contribution in [-0.4, -0.2) is 31.9 Å². The summed E-state index contributed by atoms with van der Waals surface area (Å²) in [6.07, 6.45) is 11.0. The van der Waals surface area contributed by atoms with Gasteiger partial charge in [-0.15, -0.1) is 11.5 Å². The van der Waals surface area contributed by atoms with Crippen LogP contribution in [0.2, 0.25) is 0 Å². The number of carbonyl (C=O) groups is 2. The fourth-order valence-electron chi connectivity index (χ4n) is 4.54. The van der Waals surface area contributed by atoms with E-state index in [-0.39, 0.29) is 23.7 Å². The van der Waals surface area contributed by atoms with Gasteiger partial charge in [-0.3, -0.25) is 14.5 Å². The van der Waals surface area contributed by atoms with Crippen molar-refractivity contribution in [3.8, 4) is 18.0 Å². The molecule has 1 atom stereocenters. The zero-order valence-corrected chi connectivity index (χ0v) is 18.6. The minimum atomic E-state index is -1.20. The molecule has 0 saturated heterocycles. The number of carbonyl (C=O) groups excluding carboxylic acids is 2. The maximum atomic E-state index is 14.2. The summed E-state index contributed by atoms with van der Waals surface area (Å²) >= 11 is 0. The van der Waals surface area contributed by atoms with Gasteiger partial charge in [0.25, 0.3) is 0 Å². The number of anilines is 1. The molecule has 3 aromatic rings. The fourth-order valence-corrected chi connectivity index (χ4v) is 4.54. The zero-order chi connectivity index (χ0) is 24.2. The molecule has 1 fully saturated rings. The van der Waals surface area contributed by atoms with Crippen LogP contribution in [0.5, 0.6) is 0 Å². The molecule has 4 rings (SSSR count). The average Bonchev–Trinajstić information content (AvgIpc) is 3.53. The van der Waals surface area contributed by atoms with E-state index in [0.29, 0.717) is 16.9 Å². The highest BCUT2D eigenvalue weighted by Crippen LogP contribution is 2.35. The van der Waals surface area contributed by atoms with Crippen LogP contribution in [0.15, 0.2) is 42.7 Å². The minimum Gasteiger partial charge on any atom is -0.297 e. The number of benzene rings is 2. The quantitative estimate of drug-likeness (QED) is 0.493. The van der Waals surface area contributed by atoms with Crippen LogP contribution in [0.25, 0.3) is 5.69 Å². The summed E-state index contributed by atoms with van der Waals surface area (Å²) in [5.74, 6) is -0.910. The number of hydrogen-bond donors (Lipinski definition) is 0. The lowest BCUT2D eigenvalue weighted by atomic mass is 9.91. The SMILES string of the molecule is C#CC(=O)N(c1ccc(-n2cnnn2)c(C)c1)C(C(=O)CC1CCCC1)c1ccc(F)c(F)c1. The third kappa shape index (κ3) is 4.71. The van der Waals surface area contributed by atoms with Crippen molar-refractivity contribution in [1.29, 1.82) is 0 Å². The molecule has 0 N–H and O–H groups in total. The average molecular weight is 463 g/mol. The first-order valence-electron chi connectivity index (χ1n) is 11.0. The molecule has 0 radical (unpaired) electrons. The van der Waals surface area contributed by atoms with Crippen molar-refractivity contribution in [3.05, 3.63) is 65.5 Å². The molecule has 0 aliphatic heterocycles. The van der Waals surface area contributed by atoms with Crippen molar-refractivity contribution in [1.82, 2.24) is 20.2 Å². The number of nitrogens with zero attached hydrogens (tertiary/aromatic N) is 5. The Labute approximate surface area is 195 Å². The van der Waals surface area contributed by atoms with Gasteiger partial charge >= 0.3 is 5.91 Å². The standard InChI is InChI=1S/C25H23F2N5O2/c1-3-24(34)32(19-9-11-22(16(2)12-19)31-15-28-29-30-31)25(18-8-10-20(26)21(27)14-18)23(33)13-17-6-4-5-7-17/h1,8-12,14-15,17,25H,4-7,13H2,2H3. The van der Waals surface area contributed by atoms with Crippen molar-refractivity contribution < 1.29 is 18.4 Å². The molecule has 1 aromatic heterocycles. The number of ketones is 1. The summed E-state index contributed by atoms with van der Waals surface area (Å²) in [7, 11) is 0. The van der Waals surface area contributed by atoms with Crippen molar-refractivity contribution in [3.63, 3.8) is 0 Å². The number of rotatable bonds is 7. The Balaban J connectivity index is 1.80. The number of amides is 1. The maximum Gasteiger partial charge on any atom is 0.303 e. The van der Waals surface area contributed by atoms with Gasteiger partial charge in [0.15, 0.2) is 17.4 Å². The first kappa shape index (κ1) is 23.2. The third-order valence-electron chi connectivity index (χ3n) is 6.18. The van der Waals surface area contributed by atoms with E-state index >= 15 is 0 Å². The van der Waals surface area contributed by atoms with E-state index in [1.54, 1.807) is 25.1 Å². The fraction of sp³-hybridized carbons (Fsp3) is 0.320. The van der Waals surface area contributed by atoms with Gasteiger partial charge < -0.3 is 0 Å². The largest absolute Gasteiger partial charge is 0.303 e. The molecule has 1 saturated carbocycles. The zero-order valence-electron chi connectivity index (χ0n) is 18.6. The highest BCUT2D eigenvalue weighted by atomic mass is 19.2. The van der Waals surface area contributed by atoms with Crippen molar-refractivity contribution in [2.24, 2.45) is 5.92 Å². The van der Waals surface area contributed by atoms with Gasteiger partial charge in [-0.05, 0) is 70.6 Å². The molecule has 0 bridgehead atoms. The number of terminal acetylenes is 1. The molecule has 9 heteroatoms. The van der Waals surface area contributed by atoms with Gasteiger partial charge in [0.05, 0.1) is 5.69 Å². The first-order valence-corrected chi connectivity index (χ1v) is 11.0. The van der Waals surface area contributed by atoms with Gasteiger partial charge in [-0.25, -0.2) is 13.5 Å². The van der Waals surface area contributed by atoms with E-state index in [9.17, 15) is 18.4 Å². The molecule has 0 spiro atoms. The highest BCUT2D eigenvalue weighted by Gasteiger charge is 2.34. The lowest BCUT2D eigenvalue weighted by Crippen LogP contribution is -2.39. The summed E-state index contributed by atoms with van der Waals surface area (Å²) in [4.78, 5) is 27.7. The van der Waals surface area contributed by atoms with Gasteiger partial charge in [-0.2, -0.15) is 0 Å². The van der Waals surface area contributed by atoms with Crippen LogP contribution in [0, 0.1) is 36.8 Å². The summed E-state index contributed by atoms with van der Waals surface area (Å²) < 4.78 is 29.3. The van der Waals surface area contributed by atoms with Crippen LogP contribution in [0.1, 0.15) is 49.3 Å². The Morgan fingerprint density at radius 2 is 1.94 bits per heavy atom. The Morgan fingerprint density at radius 3 is 2.56 bits per heavy atom. The summed E-state index contributed by atoms with van der Waals surface area (Å²) in [5.41, 5.74) is 1.90. The lowest BCUT2D eigenvalue weighted by Gasteiger charge is -2.31. The second-order valence-electron chi connectivity index (χ2n) is 8.44. The molecule has 1 heterocycles. The lowest BCUT2D eigenvalue weighted by molar-refractivity contribution is -0.124. The predicted molar refractivity (Wildman–Crippen MR) is 121 cm³/mol. The van der Waals surface area contributed by atoms with E-state index in [4.69, 9.17) is 6.42 Å². The van der Waals surface area contributed by atoms with Crippen molar-refractivity contribution in [2.75, 3.05) is 4.90 Å². The second-order valence-corrected chi connectivity index (χ2v) is 8.44. The highest BCUT2D eigenvalue weighted by molar-refractivity contribution is 6.10. The molecule has 174 valence electrons. The molecular formula is C25H23F2N5O2.